The second-order valence-corrected chi connectivity index (χ2v) is 4.22. The second-order valence-electron chi connectivity index (χ2n) is 4.22. The van der Waals surface area contributed by atoms with E-state index in [1.807, 2.05) is 30.3 Å². The van der Waals surface area contributed by atoms with E-state index in [4.69, 9.17) is 5.84 Å². The highest BCUT2D eigenvalue weighted by molar-refractivity contribution is 5.89. The van der Waals surface area contributed by atoms with Crippen LogP contribution in [-0.4, -0.2) is 48.0 Å². The summed E-state index contributed by atoms with van der Waals surface area (Å²) >= 11 is 0. The number of hydrogen-bond donors (Lipinski definition) is 3. The minimum atomic E-state index is -0.317. The van der Waals surface area contributed by atoms with E-state index in [1.165, 1.54) is 0 Å². The first-order valence-corrected chi connectivity index (χ1v) is 6.07. The van der Waals surface area contributed by atoms with E-state index in [0.717, 1.165) is 5.69 Å². The number of piperazine rings is 1. The number of nitrogens with two attached hydrogens (primary N) is 1. The minimum absolute atomic E-state index is 0.154. The van der Waals surface area contributed by atoms with Gasteiger partial charge in [-0.1, -0.05) is 18.2 Å². The molecule has 1 saturated heterocycles. The van der Waals surface area contributed by atoms with E-state index in [1.54, 1.807) is 9.80 Å². The monoisotopic (exact) mass is 263 g/mol. The lowest BCUT2D eigenvalue weighted by molar-refractivity contribution is 0.149. The van der Waals surface area contributed by atoms with Gasteiger partial charge in [0.2, 0.25) is 0 Å². The molecule has 1 aromatic rings. The third kappa shape index (κ3) is 3.35. The van der Waals surface area contributed by atoms with Crippen molar-refractivity contribution in [3.63, 3.8) is 0 Å². The van der Waals surface area contributed by atoms with E-state index in [9.17, 15) is 9.59 Å². The third-order valence-corrected chi connectivity index (χ3v) is 3.00. The van der Waals surface area contributed by atoms with Gasteiger partial charge in [0, 0.05) is 31.9 Å². The van der Waals surface area contributed by atoms with Crippen LogP contribution in [0.5, 0.6) is 0 Å². The van der Waals surface area contributed by atoms with Crippen molar-refractivity contribution in [1.82, 2.24) is 15.2 Å². The Morgan fingerprint density at radius 2 is 1.47 bits per heavy atom. The van der Waals surface area contributed by atoms with Gasteiger partial charge in [0.15, 0.2) is 0 Å². The molecule has 0 bridgehead atoms. The van der Waals surface area contributed by atoms with Gasteiger partial charge in [-0.3, -0.25) is 5.43 Å². The second kappa shape index (κ2) is 6.05. The van der Waals surface area contributed by atoms with Crippen LogP contribution in [0.25, 0.3) is 0 Å². The van der Waals surface area contributed by atoms with Gasteiger partial charge in [0.05, 0.1) is 0 Å². The van der Waals surface area contributed by atoms with Gasteiger partial charge in [-0.15, -0.1) is 0 Å². The smallest absolute Gasteiger partial charge is 0.321 e. The molecule has 0 aliphatic carbocycles. The number of urea groups is 2. The van der Waals surface area contributed by atoms with Crippen molar-refractivity contribution >= 4 is 17.7 Å². The zero-order chi connectivity index (χ0) is 13.7. The van der Waals surface area contributed by atoms with Crippen LogP contribution in [0.3, 0.4) is 0 Å². The van der Waals surface area contributed by atoms with Gasteiger partial charge in [0.1, 0.15) is 0 Å². The van der Waals surface area contributed by atoms with Crippen LogP contribution in [-0.2, 0) is 0 Å². The fraction of sp³-hybridized carbons (Fsp3) is 0.333. The Balaban J connectivity index is 1.84. The number of amides is 4. The minimum Gasteiger partial charge on any atom is -0.321 e. The largest absolute Gasteiger partial charge is 0.331 e. The summed E-state index contributed by atoms with van der Waals surface area (Å²) in [7, 11) is 0. The van der Waals surface area contributed by atoms with Crippen LogP contribution in [0.4, 0.5) is 15.3 Å². The van der Waals surface area contributed by atoms with Crippen molar-refractivity contribution in [2.24, 2.45) is 5.84 Å². The fourth-order valence-electron chi connectivity index (χ4n) is 1.93. The average molecular weight is 263 g/mol. The molecule has 2 rings (SSSR count). The van der Waals surface area contributed by atoms with E-state index in [0.29, 0.717) is 26.2 Å². The normalized spacial score (nSPS) is 15.0. The van der Waals surface area contributed by atoms with Crippen molar-refractivity contribution in [3.05, 3.63) is 30.3 Å². The molecule has 1 aliphatic rings. The summed E-state index contributed by atoms with van der Waals surface area (Å²) in [6.07, 6.45) is 0. The molecule has 0 aromatic heterocycles. The molecule has 4 amide bonds. The Hall–Kier alpha value is -2.28. The molecule has 7 heteroatoms. The van der Waals surface area contributed by atoms with Crippen LogP contribution >= 0.6 is 0 Å². The summed E-state index contributed by atoms with van der Waals surface area (Å²) < 4.78 is 0. The Labute approximate surface area is 111 Å². The van der Waals surface area contributed by atoms with E-state index < -0.39 is 0 Å². The van der Waals surface area contributed by atoms with E-state index in [-0.39, 0.29) is 12.1 Å². The molecule has 1 aliphatic heterocycles. The number of nitrogens with one attached hydrogen (secondary N) is 2. The molecular formula is C12H17N5O2. The van der Waals surface area contributed by atoms with Crippen molar-refractivity contribution in [2.75, 3.05) is 31.5 Å². The molecule has 7 nitrogen and oxygen atoms in total. The van der Waals surface area contributed by atoms with Crippen molar-refractivity contribution in [1.29, 1.82) is 0 Å². The Morgan fingerprint density at radius 1 is 0.947 bits per heavy atom. The molecular weight excluding hydrogens is 246 g/mol. The number of nitrogens with zero attached hydrogens (tertiary/aromatic N) is 2. The van der Waals surface area contributed by atoms with Crippen LogP contribution in [0.15, 0.2) is 30.3 Å². The van der Waals surface area contributed by atoms with Gasteiger partial charge < -0.3 is 15.1 Å². The number of anilines is 1. The summed E-state index contributed by atoms with van der Waals surface area (Å²) in [5.74, 6) is 5.07. The van der Waals surface area contributed by atoms with Crippen molar-refractivity contribution in [3.8, 4) is 0 Å². The number of hydrogen-bond acceptors (Lipinski definition) is 3. The summed E-state index contributed by atoms with van der Waals surface area (Å²) in [4.78, 5) is 26.5. The SMILES string of the molecule is NNC(=O)N1CCN(C(=O)Nc2ccccc2)CC1. The first-order chi connectivity index (χ1) is 9.20. The highest BCUT2D eigenvalue weighted by atomic mass is 16.2. The molecule has 19 heavy (non-hydrogen) atoms. The third-order valence-electron chi connectivity index (χ3n) is 3.00. The zero-order valence-corrected chi connectivity index (χ0v) is 10.5. The van der Waals surface area contributed by atoms with Crippen LogP contribution in [0.2, 0.25) is 0 Å². The van der Waals surface area contributed by atoms with Crippen LogP contribution in [0, 0.1) is 0 Å². The number of carbonyl (C=O) groups excluding carboxylic acids is 2. The maximum atomic E-state index is 12.0. The lowest BCUT2D eigenvalue weighted by Gasteiger charge is -2.34. The molecule has 0 atom stereocenters. The Kier molecular flexibility index (Phi) is 4.19. The highest BCUT2D eigenvalue weighted by Gasteiger charge is 2.23. The number of benzene rings is 1. The molecule has 4 N–H and O–H groups in total. The molecule has 0 spiro atoms. The van der Waals surface area contributed by atoms with Gasteiger partial charge >= 0.3 is 12.1 Å². The van der Waals surface area contributed by atoms with E-state index >= 15 is 0 Å². The summed E-state index contributed by atoms with van der Waals surface area (Å²) in [6, 6.07) is 8.80. The maximum Gasteiger partial charge on any atom is 0.331 e. The zero-order valence-electron chi connectivity index (χ0n) is 10.5. The summed E-state index contributed by atoms with van der Waals surface area (Å²) in [5, 5.41) is 2.81. The van der Waals surface area contributed by atoms with Gasteiger partial charge in [0.25, 0.3) is 0 Å². The maximum absolute atomic E-state index is 12.0. The molecule has 1 heterocycles. The predicted octanol–water partition coefficient (Wildman–Crippen LogP) is 0.419. The molecule has 1 fully saturated rings. The van der Waals surface area contributed by atoms with Crippen LogP contribution in [0.1, 0.15) is 0 Å². The van der Waals surface area contributed by atoms with E-state index in [2.05, 4.69) is 10.7 Å². The highest BCUT2D eigenvalue weighted by Crippen LogP contribution is 2.08. The number of hydrazine groups is 1. The Morgan fingerprint density at radius 3 is 2.00 bits per heavy atom. The van der Waals surface area contributed by atoms with Gasteiger partial charge in [-0.05, 0) is 12.1 Å². The summed E-state index contributed by atoms with van der Waals surface area (Å²) in [5.41, 5.74) is 2.85. The average Bonchev–Trinajstić information content (AvgIpc) is 2.47. The number of para-hydroxylation sites is 1. The van der Waals surface area contributed by atoms with Crippen LogP contribution < -0.4 is 16.6 Å². The number of rotatable bonds is 1. The number of carbonyl (C=O) groups is 2. The molecule has 0 saturated carbocycles. The van der Waals surface area contributed by atoms with Crippen molar-refractivity contribution < 1.29 is 9.59 Å². The van der Waals surface area contributed by atoms with Gasteiger partial charge in [-0.2, -0.15) is 0 Å². The quantitative estimate of drug-likeness (QED) is 0.389. The summed E-state index contributed by atoms with van der Waals surface area (Å²) in [6.45, 7) is 1.94. The lowest BCUT2D eigenvalue weighted by Crippen LogP contribution is -2.55. The molecule has 0 unspecified atom stereocenters. The fourth-order valence-corrected chi connectivity index (χ4v) is 1.93. The first-order valence-electron chi connectivity index (χ1n) is 6.07. The first kappa shape index (κ1) is 13.2. The van der Waals surface area contributed by atoms with Crippen molar-refractivity contribution in [2.45, 2.75) is 0 Å². The lowest BCUT2D eigenvalue weighted by atomic mass is 10.3. The molecule has 102 valence electrons. The topological polar surface area (TPSA) is 90.7 Å². The Bertz CT molecular complexity index is 443. The predicted molar refractivity (Wildman–Crippen MR) is 71.3 cm³/mol. The molecule has 1 aromatic carbocycles. The van der Waals surface area contributed by atoms with Gasteiger partial charge in [-0.25, -0.2) is 15.4 Å². The molecule has 0 radical (unpaired) electrons. The standard InChI is InChI=1S/C12H17N5O2/c13-15-12(19)17-8-6-16(7-9-17)11(18)14-10-4-2-1-3-5-10/h1-5H,6-9,13H2,(H,14,18)(H,15,19).